The normalized spacial score (nSPS) is 30.2. The van der Waals surface area contributed by atoms with Gasteiger partial charge in [0, 0.05) is 31.7 Å². The van der Waals surface area contributed by atoms with Gasteiger partial charge in [-0.25, -0.2) is 0 Å². The monoisotopic (exact) mass is 331 g/mol. The molecule has 0 aromatic carbocycles. The molecule has 3 aliphatic rings. The smallest absolute Gasteiger partial charge is 0.290 e. The Morgan fingerprint density at radius 1 is 1.08 bits per heavy atom. The summed E-state index contributed by atoms with van der Waals surface area (Å²) in [6, 6.07) is 4.02. The standard InChI is InChI=1S/C18H25N3O3/c22-17(20-10-8-13-6-7-14(12-20)19-13)15-4-1-2-9-21(15)18(23)16-5-3-11-24-16/h3,5,11,13-15,19H,1-2,4,6-10,12H2. The van der Waals surface area contributed by atoms with Crippen molar-refractivity contribution in [3.05, 3.63) is 24.2 Å². The highest BCUT2D eigenvalue weighted by molar-refractivity contribution is 5.95. The first kappa shape index (κ1) is 15.7. The number of fused-ring (bicyclic) bond motifs is 2. The summed E-state index contributed by atoms with van der Waals surface area (Å²) < 4.78 is 5.26. The zero-order valence-corrected chi connectivity index (χ0v) is 13.9. The first-order valence-electron chi connectivity index (χ1n) is 9.11. The number of amides is 2. The van der Waals surface area contributed by atoms with Crippen LogP contribution >= 0.6 is 0 Å². The molecule has 2 amide bonds. The van der Waals surface area contributed by atoms with Gasteiger partial charge in [-0.05, 0) is 50.7 Å². The lowest BCUT2D eigenvalue weighted by Crippen LogP contribution is -2.54. The minimum atomic E-state index is -0.340. The molecular weight excluding hydrogens is 306 g/mol. The lowest BCUT2D eigenvalue weighted by atomic mass is 9.99. The lowest BCUT2D eigenvalue weighted by molar-refractivity contribution is -0.137. The van der Waals surface area contributed by atoms with Gasteiger partial charge in [-0.1, -0.05) is 0 Å². The van der Waals surface area contributed by atoms with Crippen LogP contribution in [0.2, 0.25) is 0 Å². The number of nitrogens with zero attached hydrogens (tertiary/aromatic N) is 2. The van der Waals surface area contributed by atoms with E-state index in [1.807, 2.05) is 4.90 Å². The summed E-state index contributed by atoms with van der Waals surface area (Å²) in [4.78, 5) is 29.5. The van der Waals surface area contributed by atoms with Crippen molar-refractivity contribution in [1.29, 1.82) is 0 Å². The van der Waals surface area contributed by atoms with E-state index in [0.29, 0.717) is 24.4 Å². The van der Waals surface area contributed by atoms with E-state index in [1.165, 1.54) is 12.7 Å². The van der Waals surface area contributed by atoms with Crippen molar-refractivity contribution in [3.8, 4) is 0 Å². The van der Waals surface area contributed by atoms with Gasteiger partial charge in [0.15, 0.2) is 5.76 Å². The maximum atomic E-state index is 13.1. The highest BCUT2D eigenvalue weighted by atomic mass is 16.3. The second kappa shape index (κ2) is 6.59. The third kappa shape index (κ3) is 2.95. The van der Waals surface area contributed by atoms with Crippen LogP contribution in [0.1, 0.15) is 49.1 Å². The molecule has 24 heavy (non-hydrogen) atoms. The zero-order valence-electron chi connectivity index (χ0n) is 13.9. The minimum Gasteiger partial charge on any atom is -0.459 e. The third-order valence-electron chi connectivity index (χ3n) is 5.62. The van der Waals surface area contributed by atoms with E-state index < -0.39 is 0 Å². The molecule has 3 aliphatic heterocycles. The fourth-order valence-corrected chi connectivity index (χ4v) is 4.33. The summed E-state index contributed by atoms with van der Waals surface area (Å²) in [6.45, 7) is 2.20. The molecular formula is C18H25N3O3. The number of piperidine rings is 1. The summed E-state index contributed by atoms with van der Waals surface area (Å²) in [6.07, 6.45) is 7.59. The number of carbonyl (C=O) groups excluding carboxylic acids is 2. The average Bonchev–Trinajstić information content (AvgIpc) is 3.23. The fraction of sp³-hybridized carbons (Fsp3) is 0.667. The minimum absolute atomic E-state index is 0.115. The van der Waals surface area contributed by atoms with Crippen molar-refractivity contribution in [2.45, 2.75) is 56.7 Å². The van der Waals surface area contributed by atoms with Gasteiger partial charge >= 0.3 is 0 Å². The van der Waals surface area contributed by atoms with Gasteiger partial charge in [-0.3, -0.25) is 9.59 Å². The molecule has 3 saturated heterocycles. The Morgan fingerprint density at radius 2 is 1.96 bits per heavy atom. The number of nitrogens with one attached hydrogen (secondary N) is 1. The van der Waals surface area contributed by atoms with E-state index in [0.717, 1.165) is 45.2 Å². The van der Waals surface area contributed by atoms with Crippen LogP contribution in [-0.2, 0) is 4.79 Å². The largest absolute Gasteiger partial charge is 0.459 e. The van der Waals surface area contributed by atoms with Crippen molar-refractivity contribution in [2.75, 3.05) is 19.6 Å². The topological polar surface area (TPSA) is 65.8 Å². The van der Waals surface area contributed by atoms with E-state index >= 15 is 0 Å². The molecule has 1 aromatic rings. The van der Waals surface area contributed by atoms with E-state index in [4.69, 9.17) is 4.42 Å². The van der Waals surface area contributed by atoms with Crippen LogP contribution in [0, 0.1) is 0 Å². The summed E-state index contributed by atoms with van der Waals surface area (Å²) in [5.74, 6) is 0.280. The fourth-order valence-electron chi connectivity index (χ4n) is 4.33. The van der Waals surface area contributed by atoms with Crippen LogP contribution in [0.3, 0.4) is 0 Å². The second-order valence-electron chi connectivity index (χ2n) is 7.20. The molecule has 4 rings (SSSR count). The molecule has 0 radical (unpaired) electrons. The van der Waals surface area contributed by atoms with Crippen LogP contribution in [-0.4, -0.2) is 59.4 Å². The molecule has 130 valence electrons. The van der Waals surface area contributed by atoms with E-state index in [9.17, 15) is 9.59 Å². The molecule has 6 heteroatoms. The van der Waals surface area contributed by atoms with Crippen molar-refractivity contribution >= 4 is 11.8 Å². The van der Waals surface area contributed by atoms with Gasteiger partial charge in [0.2, 0.25) is 5.91 Å². The molecule has 3 fully saturated rings. The Hall–Kier alpha value is -1.82. The van der Waals surface area contributed by atoms with E-state index in [2.05, 4.69) is 5.32 Å². The van der Waals surface area contributed by atoms with E-state index in [1.54, 1.807) is 17.0 Å². The van der Waals surface area contributed by atoms with Gasteiger partial charge in [0.1, 0.15) is 6.04 Å². The quantitative estimate of drug-likeness (QED) is 0.894. The number of furan rings is 1. The molecule has 0 saturated carbocycles. The first-order valence-corrected chi connectivity index (χ1v) is 9.11. The lowest BCUT2D eigenvalue weighted by Gasteiger charge is -2.37. The van der Waals surface area contributed by atoms with Crippen LogP contribution in [0.15, 0.2) is 22.8 Å². The SMILES string of the molecule is O=C(C1CCCCN1C(=O)c1ccco1)N1CCC2CCC(C1)N2. The molecule has 1 N–H and O–H groups in total. The summed E-state index contributed by atoms with van der Waals surface area (Å²) >= 11 is 0. The van der Waals surface area contributed by atoms with E-state index in [-0.39, 0.29) is 17.9 Å². The Bertz CT molecular complexity index is 601. The molecule has 3 unspecified atom stereocenters. The molecule has 6 nitrogen and oxygen atoms in total. The number of carbonyl (C=O) groups is 2. The Balaban J connectivity index is 1.49. The maximum absolute atomic E-state index is 13.1. The molecule has 1 aromatic heterocycles. The number of likely N-dealkylation sites (tertiary alicyclic amines) is 2. The average molecular weight is 331 g/mol. The van der Waals surface area contributed by atoms with Crippen LogP contribution in [0.25, 0.3) is 0 Å². The molecule has 2 bridgehead atoms. The molecule has 4 heterocycles. The van der Waals surface area contributed by atoms with Gasteiger partial charge in [0.05, 0.1) is 6.26 Å². The summed E-state index contributed by atoms with van der Waals surface area (Å²) in [7, 11) is 0. The Labute approximate surface area is 142 Å². The van der Waals surface area contributed by atoms with Gasteiger partial charge in [-0.2, -0.15) is 0 Å². The van der Waals surface area contributed by atoms with Crippen LogP contribution in [0.4, 0.5) is 0 Å². The van der Waals surface area contributed by atoms with Crippen molar-refractivity contribution in [2.24, 2.45) is 0 Å². The molecule has 3 atom stereocenters. The van der Waals surface area contributed by atoms with Crippen molar-refractivity contribution < 1.29 is 14.0 Å². The Kier molecular flexibility index (Phi) is 4.31. The molecule has 0 spiro atoms. The zero-order chi connectivity index (χ0) is 16.5. The second-order valence-corrected chi connectivity index (χ2v) is 7.20. The van der Waals surface area contributed by atoms with Gasteiger partial charge in [-0.15, -0.1) is 0 Å². The first-order chi connectivity index (χ1) is 11.7. The summed E-state index contributed by atoms with van der Waals surface area (Å²) in [5, 5.41) is 3.61. The number of hydrogen-bond donors (Lipinski definition) is 1. The predicted molar refractivity (Wildman–Crippen MR) is 88.5 cm³/mol. The predicted octanol–water partition coefficient (Wildman–Crippen LogP) is 1.63. The Morgan fingerprint density at radius 3 is 2.79 bits per heavy atom. The highest BCUT2D eigenvalue weighted by Crippen LogP contribution is 2.25. The van der Waals surface area contributed by atoms with Crippen LogP contribution in [0.5, 0.6) is 0 Å². The summed E-state index contributed by atoms with van der Waals surface area (Å²) in [5.41, 5.74) is 0. The molecule has 0 aliphatic carbocycles. The highest BCUT2D eigenvalue weighted by Gasteiger charge is 2.38. The van der Waals surface area contributed by atoms with Crippen LogP contribution < -0.4 is 5.32 Å². The number of rotatable bonds is 2. The third-order valence-corrected chi connectivity index (χ3v) is 5.62. The number of hydrogen-bond acceptors (Lipinski definition) is 4. The van der Waals surface area contributed by atoms with Gasteiger partial charge < -0.3 is 19.5 Å². The maximum Gasteiger partial charge on any atom is 0.290 e. The van der Waals surface area contributed by atoms with Crippen molar-refractivity contribution in [1.82, 2.24) is 15.1 Å². The van der Waals surface area contributed by atoms with Crippen molar-refractivity contribution in [3.63, 3.8) is 0 Å². The van der Waals surface area contributed by atoms with Gasteiger partial charge in [0.25, 0.3) is 5.91 Å².